The van der Waals surface area contributed by atoms with Gasteiger partial charge in [-0.25, -0.2) is 0 Å². The van der Waals surface area contributed by atoms with Crippen molar-refractivity contribution in [1.29, 1.82) is 0 Å². The summed E-state index contributed by atoms with van der Waals surface area (Å²) in [5, 5.41) is 0. The van der Waals surface area contributed by atoms with Crippen LogP contribution in [0.1, 0.15) is 42.9 Å². The molecule has 22 heavy (non-hydrogen) atoms. The molecule has 3 aliphatic heterocycles. The van der Waals surface area contributed by atoms with E-state index in [-0.39, 0.29) is 6.04 Å². The Morgan fingerprint density at radius 2 is 2.09 bits per heavy atom. The molecule has 1 aromatic carbocycles. The molecule has 3 heteroatoms. The highest BCUT2D eigenvalue weighted by Gasteiger charge is 2.31. The Balaban J connectivity index is 1.90. The second-order valence-corrected chi connectivity index (χ2v) is 6.85. The van der Waals surface area contributed by atoms with Crippen LogP contribution in [0.25, 0.3) is 5.57 Å². The number of nitrogens with two attached hydrogens (primary N) is 1. The van der Waals surface area contributed by atoms with Gasteiger partial charge in [-0.1, -0.05) is 6.58 Å². The van der Waals surface area contributed by atoms with Crippen molar-refractivity contribution in [1.82, 2.24) is 0 Å². The van der Waals surface area contributed by atoms with E-state index in [1.54, 1.807) is 0 Å². The maximum Gasteiger partial charge on any atom is 0.140 e. The topological polar surface area (TPSA) is 38.5 Å². The van der Waals surface area contributed by atoms with E-state index in [1.807, 2.05) is 0 Å². The molecular formula is C19H24N2O. The average molecular weight is 296 g/mol. The van der Waals surface area contributed by atoms with Gasteiger partial charge in [-0.15, -0.1) is 0 Å². The van der Waals surface area contributed by atoms with E-state index in [4.69, 9.17) is 10.5 Å². The van der Waals surface area contributed by atoms with Gasteiger partial charge in [-0.3, -0.25) is 0 Å². The van der Waals surface area contributed by atoms with Gasteiger partial charge in [-0.2, -0.15) is 0 Å². The highest BCUT2D eigenvalue weighted by molar-refractivity contribution is 5.82. The molecule has 1 atom stereocenters. The molecule has 0 fully saturated rings. The van der Waals surface area contributed by atoms with E-state index in [1.165, 1.54) is 60.3 Å². The SMILES string of the molecule is C=C1C=C(CC(C)N)c2cc3c4c(c2O1)CCCN4CCC3. The standard InChI is InChI=1S/C19H24N2O/c1-12(20)9-15-10-13(2)22-19-16-6-4-8-21-7-3-5-14(18(16)21)11-17(15)19/h10-12H,2-9,20H2,1H3. The molecule has 0 aromatic heterocycles. The molecule has 0 saturated heterocycles. The van der Waals surface area contributed by atoms with Gasteiger partial charge in [0.25, 0.3) is 0 Å². The summed E-state index contributed by atoms with van der Waals surface area (Å²) in [7, 11) is 0. The van der Waals surface area contributed by atoms with E-state index >= 15 is 0 Å². The third kappa shape index (κ3) is 2.15. The monoisotopic (exact) mass is 296 g/mol. The van der Waals surface area contributed by atoms with Crippen molar-refractivity contribution in [3.63, 3.8) is 0 Å². The predicted octanol–water partition coefficient (Wildman–Crippen LogP) is 3.41. The first-order chi connectivity index (χ1) is 10.6. The third-order valence-electron chi connectivity index (χ3n) is 4.93. The van der Waals surface area contributed by atoms with Crippen LogP contribution in [0.15, 0.2) is 24.5 Å². The minimum atomic E-state index is 0.147. The first kappa shape index (κ1) is 13.9. The number of rotatable bonds is 2. The maximum atomic E-state index is 6.08. The lowest BCUT2D eigenvalue weighted by Crippen LogP contribution is -2.35. The van der Waals surface area contributed by atoms with Gasteiger partial charge in [0.1, 0.15) is 11.5 Å². The lowest BCUT2D eigenvalue weighted by Gasteiger charge is -2.39. The fraction of sp³-hybridized carbons (Fsp3) is 0.474. The molecule has 1 aromatic rings. The van der Waals surface area contributed by atoms with Gasteiger partial charge >= 0.3 is 0 Å². The Kier molecular flexibility index (Phi) is 3.26. The van der Waals surface area contributed by atoms with Crippen LogP contribution in [-0.2, 0) is 12.8 Å². The number of benzene rings is 1. The molecule has 0 amide bonds. The van der Waals surface area contributed by atoms with E-state index in [0.717, 1.165) is 24.4 Å². The molecule has 2 N–H and O–H groups in total. The lowest BCUT2D eigenvalue weighted by atomic mass is 9.85. The van der Waals surface area contributed by atoms with Crippen LogP contribution in [0.5, 0.6) is 5.75 Å². The Morgan fingerprint density at radius 1 is 1.32 bits per heavy atom. The van der Waals surface area contributed by atoms with E-state index in [2.05, 4.69) is 30.5 Å². The van der Waals surface area contributed by atoms with Crippen LogP contribution in [-0.4, -0.2) is 19.1 Å². The molecule has 0 saturated carbocycles. The Hall–Kier alpha value is -1.74. The summed E-state index contributed by atoms with van der Waals surface area (Å²) >= 11 is 0. The van der Waals surface area contributed by atoms with Crippen molar-refractivity contribution in [2.24, 2.45) is 5.73 Å². The zero-order valence-electron chi connectivity index (χ0n) is 13.3. The van der Waals surface area contributed by atoms with Gasteiger partial charge in [0.2, 0.25) is 0 Å². The van der Waals surface area contributed by atoms with Crippen molar-refractivity contribution < 1.29 is 4.74 Å². The Bertz CT molecular complexity index is 671. The molecule has 0 bridgehead atoms. The second kappa shape index (κ2) is 5.17. The number of nitrogens with zero attached hydrogens (tertiary/aromatic N) is 1. The zero-order valence-corrected chi connectivity index (χ0v) is 13.3. The van der Waals surface area contributed by atoms with Crippen molar-refractivity contribution >= 4 is 11.3 Å². The smallest absolute Gasteiger partial charge is 0.140 e. The molecule has 4 rings (SSSR count). The van der Waals surface area contributed by atoms with Crippen molar-refractivity contribution in [3.8, 4) is 5.75 Å². The Morgan fingerprint density at radius 3 is 2.86 bits per heavy atom. The third-order valence-corrected chi connectivity index (χ3v) is 4.93. The lowest BCUT2D eigenvalue weighted by molar-refractivity contribution is 0.430. The first-order valence-corrected chi connectivity index (χ1v) is 8.40. The van der Waals surface area contributed by atoms with Crippen LogP contribution in [0.4, 0.5) is 5.69 Å². The fourth-order valence-electron chi connectivity index (χ4n) is 4.13. The van der Waals surface area contributed by atoms with E-state index in [9.17, 15) is 0 Å². The average Bonchev–Trinajstić information content (AvgIpc) is 2.48. The first-order valence-electron chi connectivity index (χ1n) is 8.40. The number of hydrogen-bond donors (Lipinski definition) is 1. The number of aryl methyl sites for hydroxylation is 1. The summed E-state index contributed by atoms with van der Waals surface area (Å²) < 4.78 is 6.08. The summed E-state index contributed by atoms with van der Waals surface area (Å²) in [5.41, 5.74) is 12.9. The molecule has 1 unspecified atom stereocenters. The summed E-state index contributed by atoms with van der Waals surface area (Å²) in [6, 6.07) is 2.50. The largest absolute Gasteiger partial charge is 0.457 e. The highest BCUT2D eigenvalue weighted by Crippen LogP contribution is 2.47. The number of anilines is 1. The van der Waals surface area contributed by atoms with E-state index < -0.39 is 0 Å². The second-order valence-electron chi connectivity index (χ2n) is 6.85. The molecule has 0 spiro atoms. The number of allylic oxidation sites excluding steroid dienone is 1. The summed E-state index contributed by atoms with van der Waals surface area (Å²) in [5.74, 6) is 1.79. The Labute approximate surface area is 132 Å². The van der Waals surface area contributed by atoms with Gasteiger partial charge < -0.3 is 15.4 Å². The summed E-state index contributed by atoms with van der Waals surface area (Å²) in [6.07, 6.45) is 7.70. The minimum Gasteiger partial charge on any atom is -0.457 e. The van der Waals surface area contributed by atoms with Gasteiger partial charge in [0.05, 0.1) is 0 Å². The van der Waals surface area contributed by atoms with Crippen molar-refractivity contribution in [3.05, 3.63) is 41.2 Å². The van der Waals surface area contributed by atoms with Crippen molar-refractivity contribution in [2.45, 2.75) is 45.1 Å². The zero-order chi connectivity index (χ0) is 15.3. The van der Waals surface area contributed by atoms with E-state index in [0.29, 0.717) is 0 Å². The predicted molar refractivity (Wildman–Crippen MR) is 91.3 cm³/mol. The fourth-order valence-corrected chi connectivity index (χ4v) is 4.13. The number of ether oxygens (including phenoxy) is 1. The van der Waals surface area contributed by atoms with Gasteiger partial charge in [0, 0.05) is 35.9 Å². The normalized spacial score (nSPS) is 20.7. The number of hydrogen-bond acceptors (Lipinski definition) is 3. The number of fused-ring (bicyclic) bond motifs is 2. The van der Waals surface area contributed by atoms with Crippen LogP contribution in [0, 0.1) is 0 Å². The molecule has 3 heterocycles. The van der Waals surface area contributed by atoms with Gasteiger partial charge in [-0.05, 0) is 62.3 Å². The molecular weight excluding hydrogens is 272 g/mol. The molecule has 0 radical (unpaired) electrons. The molecule has 116 valence electrons. The maximum absolute atomic E-state index is 6.08. The highest BCUT2D eigenvalue weighted by atomic mass is 16.5. The molecule has 0 aliphatic carbocycles. The van der Waals surface area contributed by atoms with Crippen LogP contribution in [0.3, 0.4) is 0 Å². The molecule has 3 nitrogen and oxygen atoms in total. The van der Waals surface area contributed by atoms with Crippen LogP contribution in [0.2, 0.25) is 0 Å². The van der Waals surface area contributed by atoms with Crippen LogP contribution >= 0.6 is 0 Å². The van der Waals surface area contributed by atoms with Crippen LogP contribution < -0.4 is 15.4 Å². The molecule has 3 aliphatic rings. The minimum absolute atomic E-state index is 0.147. The van der Waals surface area contributed by atoms with Crippen molar-refractivity contribution in [2.75, 3.05) is 18.0 Å². The van der Waals surface area contributed by atoms with Gasteiger partial charge in [0.15, 0.2) is 0 Å². The summed E-state index contributed by atoms with van der Waals surface area (Å²) in [6.45, 7) is 8.47. The quantitative estimate of drug-likeness (QED) is 0.909. The summed E-state index contributed by atoms with van der Waals surface area (Å²) in [4.78, 5) is 2.55.